The molecule has 7 nitrogen and oxygen atoms in total. The Morgan fingerprint density at radius 1 is 1.27 bits per heavy atom. The minimum Gasteiger partial charge on any atom is -0.361 e. The topological polar surface area (TPSA) is 67.4 Å². The van der Waals surface area contributed by atoms with Crippen LogP contribution in [0.5, 0.6) is 0 Å². The molecule has 0 atom stereocenters. The van der Waals surface area contributed by atoms with Gasteiger partial charge in [0.2, 0.25) is 5.91 Å². The van der Waals surface area contributed by atoms with E-state index in [9.17, 15) is 4.79 Å². The smallest absolute Gasteiger partial charge is 0.242 e. The summed E-state index contributed by atoms with van der Waals surface area (Å²) in [5.41, 5.74) is 0.950. The summed E-state index contributed by atoms with van der Waals surface area (Å²) in [6, 6.07) is 1.96. The van der Waals surface area contributed by atoms with Crippen LogP contribution in [0.3, 0.4) is 0 Å². The number of aromatic nitrogens is 3. The van der Waals surface area contributed by atoms with Crippen LogP contribution in [-0.2, 0) is 17.9 Å². The standard InChI is InChI=1S/C15H21N5O2/c1-12-9-14(17-22-12)10-18-5-7-19(8-6-18)15(21)11-20-4-3-16-13(20)2/h3-4,9H,5-8,10-11H2,1-2H3. The van der Waals surface area contributed by atoms with Gasteiger partial charge in [0, 0.05) is 51.2 Å². The van der Waals surface area contributed by atoms with E-state index in [1.807, 2.05) is 35.6 Å². The van der Waals surface area contributed by atoms with Gasteiger partial charge in [0.25, 0.3) is 0 Å². The number of nitrogens with zero attached hydrogens (tertiary/aromatic N) is 5. The van der Waals surface area contributed by atoms with Crippen LogP contribution in [0.15, 0.2) is 23.0 Å². The summed E-state index contributed by atoms with van der Waals surface area (Å²) in [6.45, 7) is 8.18. The largest absolute Gasteiger partial charge is 0.361 e. The first-order chi connectivity index (χ1) is 10.6. The fourth-order valence-corrected chi connectivity index (χ4v) is 2.69. The van der Waals surface area contributed by atoms with Gasteiger partial charge >= 0.3 is 0 Å². The van der Waals surface area contributed by atoms with Crippen molar-refractivity contribution in [3.63, 3.8) is 0 Å². The first kappa shape index (κ1) is 14.8. The van der Waals surface area contributed by atoms with Crippen LogP contribution < -0.4 is 0 Å². The van der Waals surface area contributed by atoms with Gasteiger partial charge in [0.1, 0.15) is 18.1 Å². The Morgan fingerprint density at radius 3 is 2.64 bits per heavy atom. The molecule has 1 saturated heterocycles. The van der Waals surface area contributed by atoms with Crippen molar-refractivity contribution in [2.45, 2.75) is 26.9 Å². The van der Waals surface area contributed by atoms with Crippen LogP contribution in [0.1, 0.15) is 17.3 Å². The van der Waals surface area contributed by atoms with Gasteiger partial charge in [0.05, 0.1) is 5.69 Å². The molecule has 22 heavy (non-hydrogen) atoms. The highest BCUT2D eigenvalue weighted by molar-refractivity contribution is 5.76. The Morgan fingerprint density at radius 2 is 2.05 bits per heavy atom. The molecule has 0 aromatic carbocycles. The highest BCUT2D eigenvalue weighted by Gasteiger charge is 2.22. The highest BCUT2D eigenvalue weighted by atomic mass is 16.5. The van der Waals surface area contributed by atoms with Crippen molar-refractivity contribution in [1.29, 1.82) is 0 Å². The summed E-state index contributed by atoms with van der Waals surface area (Å²) in [7, 11) is 0. The van der Waals surface area contributed by atoms with E-state index < -0.39 is 0 Å². The fraction of sp³-hybridized carbons (Fsp3) is 0.533. The van der Waals surface area contributed by atoms with E-state index in [1.54, 1.807) is 6.20 Å². The van der Waals surface area contributed by atoms with E-state index in [0.29, 0.717) is 6.54 Å². The minimum absolute atomic E-state index is 0.151. The molecule has 1 aliphatic rings. The van der Waals surface area contributed by atoms with E-state index in [2.05, 4.69) is 15.0 Å². The van der Waals surface area contributed by atoms with Crippen LogP contribution >= 0.6 is 0 Å². The Labute approximate surface area is 129 Å². The van der Waals surface area contributed by atoms with Gasteiger partial charge in [-0.3, -0.25) is 9.69 Å². The van der Waals surface area contributed by atoms with Gasteiger partial charge in [0.15, 0.2) is 0 Å². The second kappa shape index (κ2) is 6.31. The molecular weight excluding hydrogens is 282 g/mol. The molecule has 2 aromatic heterocycles. The zero-order valence-corrected chi connectivity index (χ0v) is 13.0. The predicted molar refractivity (Wildman–Crippen MR) is 80.1 cm³/mol. The second-order valence-corrected chi connectivity index (χ2v) is 5.69. The molecule has 7 heteroatoms. The third-order valence-corrected chi connectivity index (χ3v) is 4.02. The molecule has 0 N–H and O–H groups in total. The normalized spacial score (nSPS) is 16.2. The number of rotatable bonds is 4. The summed E-state index contributed by atoms with van der Waals surface area (Å²) in [4.78, 5) is 20.7. The lowest BCUT2D eigenvalue weighted by molar-refractivity contribution is -0.133. The molecule has 0 aliphatic carbocycles. The summed E-state index contributed by atoms with van der Waals surface area (Å²) >= 11 is 0. The minimum atomic E-state index is 0.151. The van der Waals surface area contributed by atoms with Crippen molar-refractivity contribution >= 4 is 5.91 Å². The molecule has 1 amide bonds. The first-order valence-corrected chi connectivity index (χ1v) is 7.52. The number of hydrogen-bond acceptors (Lipinski definition) is 5. The Kier molecular flexibility index (Phi) is 4.24. The third-order valence-electron chi connectivity index (χ3n) is 4.02. The molecule has 0 bridgehead atoms. The second-order valence-electron chi connectivity index (χ2n) is 5.69. The number of imidazole rings is 1. The molecule has 2 aromatic rings. The zero-order valence-electron chi connectivity index (χ0n) is 13.0. The molecular formula is C15H21N5O2. The van der Waals surface area contributed by atoms with Crippen LogP contribution in [0.25, 0.3) is 0 Å². The molecule has 1 fully saturated rings. The number of piperazine rings is 1. The zero-order chi connectivity index (χ0) is 15.5. The summed E-state index contributed by atoms with van der Waals surface area (Å²) in [5.74, 6) is 1.85. The number of carbonyl (C=O) groups is 1. The van der Waals surface area contributed by atoms with Gasteiger partial charge in [-0.25, -0.2) is 4.98 Å². The van der Waals surface area contributed by atoms with Crippen molar-refractivity contribution < 1.29 is 9.32 Å². The summed E-state index contributed by atoms with van der Waals surface area (Å²) in [5, 5.41) is 4.02. The molecule has 3 heterocycles. The van der Waals surface area contributed by atoms with Crippen molar-refractivity contribution in [3.8, 4) is 0 Å². The van der Waals surface area contributed by atoms with Crippen LogP contribution in [0.4, 0.5) is 0 Å². The Hall–Kier alpha value is -2.15. The summed E-state index contributed by atoms with van der Waals surface area (Å²) < 4.78 is 6.97. The lowest BCUT2D eigenvalue weighted by atomic mass is 10.2. The van der Waals surface area contributed by atoms with Gasteiger partial charge in [-0.1, -0.05) is 5.16 Å². The first-order valence-electron chi connectivity index (χ1n) is 7.52. The van der Waals surface area contributed by atoms with Crippen LogP contribution in [0.2, 0.25) is 0 Å². The molecule has 0 radical (unpaired) electrons. The molecule has 0 unspecified atom stereocenters. The summed E-state index contributed by atoms with van der Waals surface area (Å²) in [6.07, 6.45) is 3.57. The maximum atomic E-state index is 12.3. The SMILES string of the molecule is Cc1cc(CN2CCN(C(=O)Cn3ccnc3C)CC2)no1. The lowest BCUT2D eigenvalue weighted by Crippen LogP contribution is -2.49. The number of aryl methyl sites for hydroxylation is 2. The van der Waals surface area contributed by atoms with Gasteiger partial charge in [-0.15, -0.1) is 0 Å². The number of amides is 1. The van der Waals surface area contributed by atoms with E-state index in [-0.39, 0.29) is 5.91 Å². The van der Waals surface area contributed by atoms with Crippen molar-refractivity contribution in [2.75, 3.05) is 26.2 Å². The van der Waals surface area contributed by atoms with Gasteiger partial charge in [-0.05, 0) is 13.8 Å². The van der Waals surface area contributed by atoms with Crippen molar-refractivity contribution in [3.05, 3.63) is 35.7 Å². The monoisotopic (exact) mass is 303 g/mol. The quantitative estimate of drug-likeness (QED) is 0.837. The van der Waals surface area contributed by atoms with Crippen LogP contribution in [-0.4, -0.2) is 56.6 Å². The van der Waals surface area contributed by atoms with Crippen molar-refractivity contribution in [2.24, 2.45) is 0 Å². The number of carbonyl (C=O) groups excluding carboxylic acids is 1. The fourth-order valence-electron chi connectivity index (χ4n) is 2.69. The lowest BCUT2D eigenvalue weighted by Gasteiger charge is -2.34. The Balaban J connectivity index is 1.49. The van der Waals surface area contributed by atoms with Gasteiger partial charge in [-0.2, -0.15) is 0 Å². The van der Waals surface area contributed by atoms with Crippen molar-refractivity contribution in [1.82, 2.24) is 24.5 Å². The molecule has 3 rings (SSSR count). The van der Waals surface area contributed by atoms with E-state index in [4.69, 9.17) is 4.52 Å². The Bertz CT molecular complexity index is 640. The van der Waals surface area contributed by atoms with E-state index >= 15 is 0 Å². The maximum absolute atomic E-state index is 12.3. The highest BCUT2D eigenvalue weighted by Crippen LogP contribution is 2.10. The molecule has 0 spiro atoms. The maximum Gasteiger partial charge on any atom is 0.242 e. The molecule has 0 saturated carbocycles. The average molecular weight is 303 g/mol. The number of hydrogen-bond donors (Lipinski definition) is 0. The average Bonchev–Trinajstić information content (AvgIpc) is 3.09. The third kappa shape index (κ3) is 3.36. The van der Waals surface area contributed by atoms with E-state index in [1.165, 1.54) is 0 Å². The van der Waals surface area contributed by atoms with Crippen LogP contribution in [0, 0.1) is 13.8 Å². The molecule has 118 valence electrons. The van der Waals surface area contributed by atoms with E-state index in [0.717, 1.165) is 50.0 Å². The van der Waals surface area contributed by atoms with Gasteiger partial charge < -0.3 is 14.0 Å². The molecule has 1 aliphatic heterocycles. The predicted octanol–water partition coefficient (Wildman–Crippen LogP) is 0.832.